The van der Waals surface area contributed by atoms with E-state index < -0.39 is 24.2 Å². The lowest BCUT2D eigenvalue weighted by Gasteiger charge is -2.06. The summed E-state index contributed by atoms with van der Waals surface area (Å²) < 4.78 is 53.6. The van der Waals surface area contributed by atoms with Crippen LogP contribution in [0.1, 0.15) is 29.6 Å². The van der Waals surface area contributed by atoms with Crippen molar-refractivity contribution < 1.29 is 27.1 Å². The highest BCUT2D eigenvalue weighted by atomic mass is 19.4. The number of ether oxygens (including phenoxy) is 1. The van der Waals surface area contributed by atoms with Crippen LogP contribution in [0.15, 0.2) is 18.2 Å². The van der Waals surface area contributed by atoms with Crippen LogP contribution < -0.4 is 4.74 Å². The molecule has 0 unspecified atom stereocenters. The second-order valence-electron chi connectivity index (χ2n) is 3.74. The van der Waals surface area contributed by atoms with Crippen LogP contribution in [0.4, 0.5) is 17.6 Å². The van der Waals surface area contributed by atoms with Crippen molar-refractivity contribution in [2.24, 2.45) is 0 Å². The van der Waals surface area contributed by atoms with Crippen LogP contribution in [0.3, 0.4) is 0 Å². The van der Waals surface area contributed by atoms with E-state index in [1.165, 1.54) is 19.2 Å². The third-order valence-electron chi connectivity index (χ3n) is 2.34. The third kappa shape index (κ3) is 4.35. The summed E-state index contributed by atoms with van der Waals surface area (Å²) >= 11 is 0. The molecule has 0 bridgehead atoms. The van der Waals surface area contributed by atoms with Crippen LogP contribution in [0.5, 0.6) is 5.75 Å². The molecule has 0 radical (unpaired) electrons. The summed E-state index contributed by atoms with van der Waals surface area (Å²) in [6.07, 6.45) is -5.84. The molecule has 0 aliphatic rings. The third-order valence-corrected chi connectivity index (χ3v) is 2.34. The molecule has 1 aromatic carbocycles. The molecule has 0 N–H and O–H groups in total. The van der Waals surface area contributed by atoms with Gasteiger partial charge in [-0.3, -0.25) is 4.79 Å². The van der Waals surface area contributed by atoms with Crippen LogP contribution in [0, 0.1) is 5.82 Å². The average Bonchev–Trinajstić information content (AvgIpc) is 2.27. The highest BCUT2D eigenvalue weighted by Crippen LogP contribution is 2.23. The first-order valence-electron chi connectivity index (χ1n) is 5.27. The number of ketones is 1. The summed E-state index contributed by atoms with van der Waals surface area (Å²) in [4.78, 5) is 11.5. The van der Waals surface area contributed by atoms with Gasteiger partial charge in [0.2, 0.25) is 0 Å². The molecule has 0 aliphatic heterocycles. The molecule has 0 saturated heterocycles. The van der Waals surface area contributed by atoms with Gasteiger partial charge in [-0.25, -0.2) is 4.39 Å². The van der Waals surface area contributed by atoms with Gasteiger partial charge in [-0.2, -0.15) is 13.2 Å². The van der Waals surface area contributed by atoms with Gasteiger partial charge in [-0.15, -0.1) is 0 Å². The van der Waals surface area contributed by atoms with E-state index in [4.69, 9.17) is 0 Å². The molecule has 0 amide bonds. The Morgan fingerprint density at radius 3 is 2.50 bits per heavy atom. The number of halogens is 4. The van der Waals surface area contributed by atoms with Crippen LogP contribution in [-0.2, 0) is 0 Å². The minimum atomic E-state index is -4.27. The normalized spacial score (nSPS) is 11.4. The zero-order valence-corrected chi connectivity index (χ0v) is 9.68. The van der Waals surface area contributed by atoms with Crippen molar-refractivity contribution in [1.29, 1.82) is 0 Å². The Labute approximate surface area is 102 Å². The molecule has 0 fully saturated rings. The van der Waals surface area contributed by atoms with Crippen LogP contribution in [0.2, 0.25) is 0 Å². The number of methoxy groups -OCH3 is 1. The van der Waals surface area contributed by atoms with Gasteiger partial charge >= 0.3 is 6.18 Å². The van der Waals surface area contributed by atoms with Crippen LogP contribution in [-0.4, -0.2) is 19.1 Å². The van der Waals surface area contributed by atoms with E-state index in [2.05, 4.69) is 4.74 Å². The van der Waals surface area contributed by atoms with Crippen molar-refractivity contribution in [1.82, 2.24) is 0 Å². The fourth-order valence-electron chi connectivity index (χ4n) is 1.43. The van der Waals surface area contributed by atoms with Crippen molar-refractivity contribution in [2.75, 3.05) is 7.11 Å². The first kappa shape index (κ1) is 14.5. The lowest BCUT2D eigenvalue weighted by molar-refractivity contribution is -0.135. The largest absolute Gasteiger partial charge is 0.494 e. The number of rotatable bonds is 5. The zero-order valence-electron chi connectivity index (χ0n) is 9.68. The molecule has 0 atom stereocenters. The number of Topliss-reactive ketones (excluding diaryl/α,β-unsaturated/α-hetero) is 1. The van der Waals surface area contributed by atoms with E-state index >= 15 is 0 Å². The second-order valence-corrected chi connectivity index (χ2v) is 3.74. The summed E-state index contributed by atoms with van der Waals surface area (Å²) in [6, 6.07) is 3.57. The fourth-order valence-corrected chi connectivity index (χ4v) is 1.43. The van der Waals surface area contributed by atoms with E-state index in [0.29, 0.717) is 0 Å². The monoisotopic (exact) mass is 264 g/mol. The number of hydrogen-bond donors (Lipinski definition) is 0. The smallest absolute Gasteiger partial charge is 0.389 e. The van der Waals surface area contributed by atoms with Gasteiger partial charge in [0.15, 0.2) is 17.3 Å². The fraction of sp³-hybridized carbons (Fsp3) is 0.417. The highest BCUT2D eigenvalue weighted by molar-refractivity contribution is 5.96. The molecule has 18 heavy (non-hydrogen) atoms. The summed E-state index contributed by atoms with van der Waals surface area (Å²) in [6.45, 7) is 0. The molecular formula is C12H12F4O2. The van der Waals surface area contributed by atoms with Crippen molar-refractivity contribution in [3.05, 3.63) is 29.6 Å². The first-order chi connectivity index (χ1) is 8.33. The molecule has 0 heterocycles. The van der Waals surface area contributed by atoms with E-state index in [1.807, 2.05) is 0 Å². The van der Waals surface area contributed by atoms with Crippen molar-refractivity contribution in [3.63, 3.8) is 0 Å². The van der Waals surface area contributed by atoms with Gasteiger partial charge in [-0.1, -0.05) is 0 Å². The van der Waals surface area contributed by atoms with Crippen LogP contribution >= 0.6 is 0 Å². The Balaban J connectivity index is 2.59. The molecule has 1 rings (SSSR count). The molecule has 0 aromatic heterocycles. The number of alkyl halides is 3. The van der Waals surface area contributed by atoms with E-state index in [9.17, 15) is 22.4 Å². The molecule has 100 valence electrons. The van der Waals surface area contributed by atoms with Crippen molar-refractivity contribution in [3.8, 4) is 5.75 Å². The number of benzene rings is 1. The summed E-state index contributed by atoms with van der Waals surface area (Å²) in [5.74, 6) is -1.23. The van der Waals surface area contributed by atoms with E-state index in [0.717, 1.165) is 6.07 Å². The number of carbonyl (C=O) groups is 1. The van der Waals surface area contributed by atoms with Gasteiger partial charge in [0, 0.05) is 18.4 Å². The predicted molar refractivity (Wildman–Crippen MR) is 57.2 cm³/mol. The Hall–Kier alpha value is -1.59. The van der Waals surface area contributed by atoms with E-state index in [1.54, 1.807) is 0 Å². The Morgan fingerprint density at radius 1 is 1.33 bits per heavy atom. The second kappa shape index (κ2) is 5.84. The predicted octanol–water partition coefficient (Wildman–Crippen LogP) is 3.75. The van der Waals surface area contributed by atoms with E-state index in [-0.39, 0.29) is 24.2 Å². The molecule has 0 aliphatic carbocycles. The minimum Gasteiger partial charge on any atom is -0.494 e. The zero-order chi connectivity index (χ0) is 13.8. The average molecular weight is 264 g/mol. The summed E-state index contributed by atoms with van der Waals surface area (Å²) in [5, 5.41) is 0. The number of hydrogen-bond acceptors (Lipinski definition) is 2. The van der Waals surface area contributed by atoms with Gasteiger partial charge in [-0.05, 0) is 24.6 Å². The lowest BCUT2D eigenvalue weighted by atomic mass is 10.1. The maximum absolute atomic E-state index is 13.3. The topological polar surface area (TPSA) is 26.3 Å². The molecule has 0 saturated carbocycles. The quantitative estimate of drug-likeness (QED) is 0.598. The Kier molecular flexibility index (Phi) is 4.69. The van der Waals surface area contributed by atoms with Gasteiger partial charge in [0.05, 0.1) is 7.11 Å². The first-order valence-corrected chi connectivity index (χ1v) is 5.27. The standard InChI is InChI=1S/C12H12F4O2/c1-18-11-5-4-8(7-9(11)13)10(17)3-2-6-12(14,15)16/h4-5,7H,2-3,6H2,1H3. The van der Waals surface area contributed by atoms with Crippen LogP contribution in [0.25, 0.3) is 0 Å². The van der Waals surface area contributed by atoms with Crippen molar-refractivity contribution in [2.45, 2.75) is 25.4 Å². The summed E-state index contributed by atoms with van der Waals surface area (Å²) in [5.41, 5.74) is 0.0514. The molecule has 2 nitrogen and oxygen atoms in total. The SMILES string of the molecule is COc1ccc(C(=O)CCCC(F)(F)F)cc1F. The summed E-state index contributed by atoms with van der Waals surface area (Å²) in [7, 11) is 1.28. The Morgan fingerprint density at radius 2 is 2.00 bits per heavy atom. The highest BCUT2D eigenvalue weighted by Gasteiger charge is 2.26. The van der Waals surface area contributed by atoms with Gasteiger partial charge < -0.3 is 4.74 Å². The number of carbonyl (C=O) groups excluding carboxylic acids is 1. The Bertz CT molecular complexity index is 427. The molecule has 1 aromatic rings. The molecular weight excluding hydrogens is 252 g/mol. The molecule has 6 heteroatoms. The van der Waals surface area contributed by atoms with Crippen molar-refractivity contribution >= 4 is 5.78 Å². The maximum Gasteiger partial charge on any atom is 0.389 e. The minimum absolute atomic E-state index is 0.0122. The lowest BCUT2D eigenvalue weighted by Crippen LogP contribution is -2.08. The maximum atomic E-state index is 13.3. The van der Waals surface area contributed by atoms with Gasteiger partial charge in [0.25, 0.3) is 0 Å². The molecule has 0 spiro atoms. The van der Waals surface area contributed by atoms with Gasteiger partial charge in [0.1, 0.15) is 0 Å².